The average Bonchev–Trinajstić information content (AvgIpc) is 2.74. The van der Waals surface area contributed by atoms with Gasteiger partial charge in [-0.1, -0.05) is 0 Å². The molecule has 1 aromatic carbocycles. The fraction of sp³-hybridized carbons (Fsp3) is 0.308. The highest BCUT2D eigenvalue weighted by atomic mass is 32.2. The third kappa shape index (κ3) is 3.58. The van der Waals surface area contributed by atoms with Crippen LogP contribution in [0.1, 0.15) is 5.82 Å². The Labute approximate surface area is 110 Å². The van der Waals surface area contributed by atoms with Crippen LogP contribution in [0, 0.1) is 5.82 Å². The molecule has 0 amide bonds. The van der Waals surface area contributed by atoms with Crippen molar-refractivity contribution in [3.05, 3.63) is 48.3 Å². The van der Waals surface area contributed by atoms with Gasteiger partial charge in [-0.25, -0.2) is 9.37 Å². The fourth-order valence-electron chi connectivity index (χ4n) is 1.59. The van der Waals surface area contributed by atoms with E-state index in [4.69, 9.17) is 0 Å². The lowest BCUT2D eigenvalue weighted by molar-refractivity contribution is 0.196. The second-order valence-electron chi connectivity index (χ2n) is 4.08. The predicted octanol–water partition coefficient (Wildman–Crippen LogP) is 2.25. The van der Waals surface area contributed by atoms with Gasteiger partial charge in [0.2, 0.25) is 0 Å². The van der Waals surface area contributed by atoms with E-state index in [9.17, 15) is 9.50 Å². The number of aryl methyl sites for hydroxylation is 1. The lowest BCUT2D eigenvalue weighted by atomic mass is 10.3. The molecule has 2 rings (SSSR count). The molecule has 1 heterocycles. The minimum absolute atomic E-state index is 0.243. The van der Waals surface area contributed by atoms with Crippen LogP contribution in [0.4, 0.5) is 4.39 Å². The molecule has 1 atom stereocenters. The highest BCUT2D eigenvalue weighted by molar-refractivity contribution is 7.99. The minimum atomic E-state index is -0.457. The zero-order valence-electron chi connectivity index (χ0n) is 10.1. The summed E-state index contributed by atoms with van der Waals surface area (Å²) in [5, 5.41) is 9.91. The van der Waals surface area contributed by atoms with Gasteiger partial charge >= 0.3 is 0 Å². The number of halogens is 1. The van der Waals surface area contributed by atoms with Crippen LogP contribution in [0.15, 0.2) is 41.6 Å². The smallest absolute Gasteiger partial charge is 0.123 e. The molecule has 0 saturated heterocycles. The van der Waals surface area contributed by atoms with Gasteiger partial charge in [0.25, 0.3) is 0 Å². The SMILES string of the molecule is Cn1ccnc1CC(O)CSc1ccc(F)cc1. The van der Waals surface area contributed by atoms with E-state index in [1.807, 2.05) is 17.8 Å². The largest absolute Gasteiger partial charge is 0.392 e. The van der Waals surface area contributed by atoms with E-state index >= 15 is 0 Å². The number of aromatic nitrogens is 2. The molecule has 5 heteroatoms. The molecule has 0 bridgehead atoms. The highest BCUT2D eigenvalue weighted by Crippen LogP contribution is 2.19. The zero-order chi connectivity index (χ0) is 13.0. The number of benzene rings is 1. The summed E-state index contributed by atoms with van der Waals surface area (Å²) in [7, 11) is 1.90. The maximum atomic E-state index is 12.7. The second kappa shape index (κ2) is 6.02. The lowest BCUT2D eigenvalue weighted by Gasteiger charge is -2.10. The van der Waals surface area contributed by atoms with E-state index in [1.165, 1.54) is 23.9 Å². The Bertz CT molecular complexity index is 498. The Morgan fingerprint density at radius 2 is 2.11 bits per heavy atom. The molecule has 1 unspecified atom stereocenters. The summed E-state index contributed by atoms with van der Waals surface area (Å²) >= 11 is 1.51. The third-order valence-corrected chi connectivity index (χ3v) is 3.75. The standard InChI is InChI=1S/C13H15FN2OS/c1-16-7-6-15-13(16)8-11(17)9-18-12-4-2-10(14)3-5-12/h2-7,11,17H,8-9H2,1H3. The number of nitrogens with zero attached hydrogens (tertiary/aromatic N) is 2. The first kappa shape index (κ1) is 13.1. The van der Waals surface area contributed by atoms with Gasteiger partial charge in [-0.2, -0.15) is 0 Å². The molecule has 0 spiro atoms. The van der Waals surface area contributed by atoms with Crippen LogP contribution in [-0.4, -0.2) is 26.5 Å². The van der Waals surface area contributed by atoms with Gasteiger partial charge in [0, 0.05) is 36.5 Å². The number of imidazole rings is 1. The molecular weight excluding hydrogens is 251 g/mol. The molecule has 1 N–H and O–H groups in total. The molecule has 18 heavy (non-hydrogen) atoms. The molecule has 0 aliphatic heterocycles. The second-order valence-corrected chi connectivity index (χ2v) is 5.17. The summed E-state index contributed by atoms with van der Waals surface area (Å²) in [6.45, 7) is 0. The topological polar surface area (TPSA) is 38.0 Å². The Kier molecular flexibility index (Phi) is 4.38. The van der Waals surface area contributed by atoms with E-state index in [2.05, 4.69) is 4.98 Å². The molecule has 2 aromatic rings. The molecular formula is C13H15FN2OS. The van der Waals surface area contributed by atoms with Crippen LogP contribution >= 0.6 is 11.8 Å². The molecule has 96 valence electrons. The van der Waals surface area contributed by atoms with E-state index in [-0.39, 0.29) is 5.82 Å². The van der Waals surface area contributed by atoms with E-state index in [0.29, 0.717) is 12.2 Å². The number of hydrogen-bond acceptors (Lipinski definition) is 3. The van der Waals surface area contributed by atoms with Crippen LogP contribution in [0.2, 0.25) is 0 Å². The zero-order valence-corrected chi connectivity index (χ0v) is 10.9. The first-order valence-corrected chi connectivity index (χ1v) is 6.66. The quantitative estimate of drug-likeness (QED) is 0.844. The Morgan fingerprint density at radius 1 is 1.39 bits per heavy atom. The van der Waals surface area contributed by atoms with Gasteiger partial charge in [0.15, 0.2) is 0 Å². The summed E-state index contributed by atoms with van der Waals surface area (Å²) in [5.74, 6) is 1.19. The average molecular weight is 266 g/mol. The van der Waals surface area contributed by atoms with Crippen LogP contribution in [0.5, 0.6) is 0 Å². The van der Waals surface area contributed by atoms with E-state index in [0.717, 1.165) is 10.7 Å². The summed E-state index contributed by atoms with van der Waals surface area (Å²) in [6, 6.07) is 6.28. The summed E-state index contributed by atoms with van der Waals surface area (Å²) in [5.41, 5.74) is 0. The maximum Gasteiger partial charge on any atom is 0.123 e. The van der Waals surface area contributed by atoms with Crippen LogP contribution in [0.3, 0.4) is 0 Å². The Morgan fingerprint density at radius 3 is 2.72 bits per heavy atom. The van der Waals surface area contributed by atoms with Crippen molar-refractivity contribution < 1.29 is 9.50 Å². The Hall–Kier alpha value is -1.33. The normalized spacial score (nSPS) is 12.6. The number of hydrogen-bond donors (Lipinski definition) is 1. The van der Waals surface area contributed by atoms with Crippen molar-refractivity contribution in [3.63, 3.8) is 0 Å². The van der Waals surface area contributed by atoms with Crippen molar-refractivity contribution in [2.75, 3.05) is 5.75 Å². The predicted molar refractivity (Wildman–Crippen MR) is 70.0 cm³/mol. The monoisotopic (exact) mass is 266 g/mol. The summed E-state index contributed by atoms with van der Waals surface area (Å²) in [4.78, 5) is 5.12. The van der Waals surface area contributed by atoms with Crippen molar-refractivity contribution in [2.45, 2.75) is 17.4 Å². The first-order valence-electron chi connectivity index (χ1n) is 5.68. The molecule has 3 nitrogen and oxygen atoms in total. The van der Waals surface area contributed by atoms with Crippen molar-refractivity contribution >= 4 is 11.8 Å². The van der Waals surface area contributed by atoms with Gasteiger partial charge in [-0.05, 0) is 24.3 Å². The van der Waals surface area contributed by atoms with Crippen molar-refractivity contribution in [2.24, 2.45) is 7.05 Å². The van der Waals surface area contributed by atoms with E-state index in [1.54, 1.807) is 18.3 Å². The van der Waals surface area contributed by atoms with E-state index < -0.39 is 6.10 Å². The minimum Gasteiger partial charge on any atom is -0.392 e. The molecule has 1 aromatic heterocycles. The van der Waals surface area contributed by atoms with Gasteiger partial charge in [0.05, 0.1) is 6.10 Å². The van der Waals surface area contributed by atoms with Crippen molar-refractivity contribution in [1.82, 2.24) is 9.55 Å². The van der Waals surface area contributed by atoms with Crippen LogP contribution in [-0.2, 0) is 13.5 Å². The third-order valence-electron chi connectivity index (χ3n) is 2.60. The van der Waals surface area contributed by atoms with Crippen molar-refractivity contribution in [1.29, 1.82) is 0 Å². The molecule has 0 aliphatic rings. The van der Waals surface area contributed by atoms with Crippen molar-refractivity contribution in [3.8, 4) is 0 Å². The number of aliphatic hydroxyl groups is 1. The number of aliphatic hydroxyl groups excluding tert-OH is 1. The lowest BCUT2D eigenvalue weighted by Crippen LogP contribution is -2.16. The first-order chi connectivity index (χ1) is 8.65. The van der Waals surface area contributed by atoms with Gasteiger partial charge in [-0.3, -0.25) is 0 Å². The molecule has 0 saturated carbocycles. The summed E-state index contributed by atoms with van der Waals surface area (Å²) < 4.78 is 14.6. The van der Waals surface area contributed by atoms with Crippen LogP contribution in [0.25, 0.3) is 0 Å². The molecule has 0 aliphatic carbocycles. The number of rotatable bonds is 5. The fourth-order valence-corrected chi connectivity index (χ4v) is 2.42. The highest BCUT2D eigenvalue weighted by Gasteiger charge is 2.09. The molecule has 0 fully saturated rings. The Balaban J connectivity index is 1.83. The molecule has 0 radical (unpaired) electrons. The summed E-state index contributed by atoms with van der Waals surface area (Å²) in [6.07, 6.45) is 3.64. The van der Waals surface area contributed by atoms with Gasteiger partial charge in [0.1, 0.15) is 11.6 Å². The van der Waals surface area contributed by atoms with Gasteiger partial charge < -0.3 is 9.67 Å². The number of thioether (sulfide) groups is 1. The van der Waals surface area contributed by atoms with Crippen LogP contribution < -0.4 is 0 Å². The maximum absolute atomic E-state index is 12.7. The van der Waals surface area contributed by atoms with Gasteiger partial charge in [-0.15, -0.1) is 11.8 Å².